The van der Waals surface area contributed by atoms with E-state index in [1.54, 1.807) is 0 Å². The summed E-state index contributed by atoms with van der Waals surface area (Å²) in [5, 5.41) is 11.2. The molecule has 144 heavy (non-hydrogen) atoms. The molecule has 0 aliphatic heterocycles. The Morgan fingerprint density at radius 3 is 0.562 bits per heavy atom. The van der Waals surface area contributed by atoms with Gasteiger partial charge >= 0.3 is 0 Å². The number of thiophene rings is 2. The van der Waals surface area contributed by atoms with Gasteiger partial charge in [-0.25, -0.2) is 0 Å². The molecule has 0 amide bonds. The summed E-state index contributed by atoms with van der Waals surface area (Å²) < 4.78 is 10.1. The average molecular weight is 1910 g/mol. The van der Waals surface area contributed by atoms with Crippen LogP contribution >= 0.6 is 45.9 Å². The molecule has 0 aliphatic carbocycles. The molecule has 2 nitrogen and oxygen atoms in total. The van der Waals surface area contributed by atoms with Gasteiger partial charge in [0.1, 0.15) is 0 Å². The molecule has 0 spiro atoms. The number of aromatic nitrogens is 2. The maximum atomic E-state index is 7.13. The van der Waals surface area contributed by atoms with E-state index in [1.165, 1.54) is 106 Å². The third-order valence-corrected chi connectivity index (χ3v) is 32.2. The van der Waals surface area contributed by atoms with Crippen molar-refractivity contribution < 1.29 is 0 Å². The summed E-state index contributed by atoms with van der Waals surface area (Å²) in [6.45, 7) is 0. The summed E-state index contributed by atoms with van der Waals surface area (Å²) in [5.74, 6) is 0. The first-order valence-corrected chi connectivity index (χ1v) is 51.4. The van der Waals surface area contributed by atoms with Gasteiger partial charge in [-0.05, 0) is 263 Å². The van der Waals surface area contributed by atoms with E-state index in [0.717, 1.165) is 167 Å². The molecule has 6 heteroatoms. The Bertz CT molecular complexity index is 9660. The molecule has 0 saturated heterocycles. The zero-order valence-electron chi connectivity index (χ0n) is 78.1. The lowest BCUT2D eigenvalue weighted by Crippen LogP contribution is -2.03. The van der Waals surface area contributed by atoms with Crippen LogP contribution < -0.4 is 0 Å². The fourth-order valence-corrected chi connectivity index (χ4v) is 25.8. The van der Waals surface area contributed by atoms with Gasteiger partial charge in [0, 0.05) is 83.3 Å². The van der Waals surface area contributed by atoms with Crippen molar-refractivity contribution in [2.24, 2.45) is 0 Å². The lowest BCUT2D eigenvalue weighted by atomic mass is 9.73. The summed E-state index contributed by atoms with van der Waals surface area (Å²) >= 11 is 18.0. The quantitative estimate of drug-likeness (QED) is 0.0810. The predicted octanol–water partition coefficient (Wildman–Crippen LogP) is 40.6. The van der Waals surface area contributed by atoms with Gasteiger partial charge in [-0.3, -0.25) is 0 Å². The second kappa shape index (κ2) is 36.1. The molecule has 0 N–H and O–H groups in total. The van der Waals surface area contributed by atoms with Crippen LogP contribution in [0.2, 0.25) is 10.0 Å². The van der Waals surface area contributed by atoms with Crippen molar-refractivity contribution in [3.05, 3.63) is 532 Å². The molecule has 0 aliphatic rings. The highest BCUT2D eigenvalue weighted by molar-refractivity contribution is 7.27. The van der Waals surface area contributed by atoms with Gasteiger partial charge in [0.05, 0.1) is 22.1 Å². The van der Waals surface area contributed by atoms with E-state index < -0.39 is 0 Å². The number of benzene rings is 23. The Labute approximate surface area is 853 Å². The van der Waals surface area contributed by atoms with Crippen LogP contribution in [0.1, 0.15) is 0 Å². The van der Waals surface area contributed by atoms with E-state index in [2.05, 4.69) is 507 Å². The third-order valence-electron chi connectivity index (χ3n) is 29.1. The smallest absolute Gasteiger partial charge is 0.0541 e. The van der Waals surface area contributed by atoms with Gasteiger partial charge < -0.3 is 9.13 Å². The van der Waals surface area contributed by atoms with E-state index in [1.807, 2.05) is 46.9 Å². The maximum Gasteiger partial charge on any atom is 0.0541 e. The molecule has 4 aromatic heterocycles. The molecule has 27 rings (SSSR count). The summed E-state index contributed by atoms with van der Waals surface area (Å²) in [7, 11) is 0. The Balaban J connectivity index is 0.660. The fraction of sp³-hybridized carbons (Fsp3) is 0. The molecule has 0 saturated carbocycles. The Morgan fingerprint density at radius 1 is 0.132 bits per heavy atom. The van der Waals surface area contributed by atoms with Gasteiger partial charge in [-0.15, -0.1) is 22.7 Å². The minimum atomic E-state index is 0.658. The molecule has 4 heterocycles. The van der Waals surface area contributed by atoms with Crippen molar-refractivity contribution in [3.63, 3.8) is 0 Å². The molecule has 27 aromatic rings. The monoisotopic (exact) mass is 1900 g/mol. The van der Waals surface area contributed by atoms with Crippen LogP contribution in [0.5, 0.6) is 0 Å². The highest BCUT2D eigenvalue weighted by atomic mass is 35.5. The standard InChI is InChI=1S/C138H86Cl2N2S2/c139-103-75-65-97(66-76-103)131-125(91-41-17-5-18-42-91)123(89-37-13-3-14-38-89)130(128(94-47-23-8-24-48-94)134(131)100-71-81-106(82-72-100)142-120-60-28-26-50-112(120)118-86-102(74-84-122(118)142)110-54-32-58-116-114-56-30-52-108(136(114)144-138(110)116)88-35-11-2-12-36-88)96-63-61-95(62-64-96)129-124(90-39-15-4-16-40-90)126(92-43-19-6-20-44-92)133(132(98-67-77-104(140)78-68-98)127(129)93-45-21-7-22-46-93)99-69-79-105(80-70-99)141-119-59-27-25-49-111(119)117-85-101(73-83-121(117)141)109-53-31-57-115-113-55-29-51-107(135(113)143-137(109)115)87-33-9-1-10-34-87/h1-86H. The number of hydrogen-bond acceptors (Lipinski definition) is 2. The normalized spacial score (nSPS) is 11.7. The second-order valence-electron chi connectivity index (χ2n) is 37.2. The Hall–Kier alpha value is -17.3. The molecule has 0 radical (unpaired) electrons. The number of fused-ring (bicyclic) bond motifs is 12. The van der Waals surface area contributed by atoms with Crippen LogP contribution in [0.4, 0.5) is 0 Å². The zero-order valence-corrected chi connectivity index (χ0v) is 81.3. The minimum absolute atomic E-state index is 0.658. The van der Waals surface area contributed by atoms with Crippen molar-refractivity contribution in [2.45, 2.75) is 0 Å². The molecule has 0 unspecified atom stereocenters. The van der Waals surface area contributed by atoms with Crippen molar-refractivity contribution in [1.82, 2.24) is 9.13 Å². The summed E-state index contributed by atoms with van der Waals surface area (Å²) in [4.78, 5) is 0. The Morgan fingerprint density at radius 2 is 0.312 bits per heavy atom. The summed E-state index contributed by atoms with van der Waals surface area (Å²) in [6, 6.07) is 193. The molecule has 0 fully saturated rings. The first kappa shape index (κ1) is 85.8. The molecule has 0 bridgehead atoms. The number of hydrogen-bond donors (Lipinski definition) is 0. The lowest BCUT2D eigenvalue weighted by Gasteiger charge is -2.30. The predicted molar refractivity (Wildman–Crippen MR) is 618 cm³/mol. The Kier molecular flexibility index (Phi) is 21.5. The lowest BCUT2D eigenvalue weighted by molar-refractivity contribution is 1.18. The van der Waals surface area contributed by atoms with Crippen LogP contribution in [-0.4, -0.2) is 9.13 Å². The van der Waals surface area contributed by atoms with Crippen LogP contribution in [-0.2, 0) is 0 Å². The van der Waals surface area contributed by atoms with Crippen molar-refractivity contribution in [2.75, 3.05) is 0 Å². The van der Waals surface area contributed by atoms with Gasteiger partial charge in [0.15, 0.2) is 0 Å². The average Bonchev–Trinajstić information content (AvgIpc) is 1.43. The van der Waals surface area contributed by atoms with Gasteiger partial charge in [-0.1, -0.05) is 460 Å². The number of nitrogens with zero attached hydrogens (tertiary/aromatic N) is 2. The SMILES string of the molecule is Clc1ccc(-c2c(-c3ccccc3)c(-c3ccc(-c4c(-c5ccccc5)c(-c5ccccc5)c(-c5ccc(Cl)cc5)c(-c5ccc(-n6c7ccccc7c7cc(-c8cccc9c8sc8c(-c%10ccccc%10)cccc89)ccc76)cc5)c4-c4ccccc4)cc3)c(-c3ccccc3)c(-c3ccccc3)c2-c2ccc(-n3c4ccccc4c4cc(-c5cccc6c5sc5c(-c7ccccc7)cccc56)ccc43)cc2)cc1. The van der Waals surface area contributed by atoms with E-state index in [4.69, 9.17) is 23.2 Å². The van der Waals surface area contributed by atoms with Gasteiger partial charge in [-0.2, -0.15) is 0 Å². The summed E-state index contributed by atoms with van der Waals surface area (Å²) in [5.41, 5.74) is 42.4. The van der Waals surface area contributed by atoms with Crippen LogP contribution in [0, 0.1) is 0 Å². The first-order chi connectivity index (χ1) is 71.3. The largest absolute Gasteiger partial charge is 0.309 e. The van der Waals surface area contributed by atoms with Gasteiger partial charge in [0.2, 0.25) is 0 Å². The van der Waals surface area contributed by atoms with Crippen LogP contribution in [0.15, 0.2) is 522 Å². The third kappa shape index (κ3) is 14.7. The highest BCUT2D eigenvalue weighted by Gasteiger charge is 2.34. The van der Waals surface area contributed by atoms with Crippen molar-refractivity contribution in [1.29, 1.82) is 0 Å². The van der Waals surface area contributed by atoms with E-state index in [9.17, 15) is 0 Å². The van der Waals surface area contributed by atoms with Gasteiger partial charge in [0.25, 0.3) is 0 Å². The molecule has 674 valence electrons. The molecule has 0 atom stereocenters. The van der Waals surface area contributed by atoms with Crippen molar-refractivity contribution >= 4 is 130 Å². The van der Waals surface area contributed by atoms with Crippen molar-refractivity contribution in [3.8, 4) is 189 Å². The number of halogens is 2. The maximum absolute atomic E-state index is 7.13. The molecular weight excluding hydrogens is 1820 g/mol. The van der Waals surface area contributed by atoms with Crippen LogP contribution in [0.25, 0.3) is 273 Å². The second-order valence-corrected chi connectivity index (χ2v) is 40.1. The molecular formula is C138H86Cl2N2S2. The highest BCUT2D eigenvalue weighted by Crippen LogP contribution is 2.61. The zero-order chi connectivity index (χ0) is 95.4. The van der Waals surface area contributed by atoms with E-state index in [-0.39, 0.29) is 0 Å². The minimum Gasteiger partial charge on any atom is -0.309 e. The first-order valence-electron chi connectivity index (χ1n) is 49.0. The van der Waals surface area contributed by atoms with Crippen LogP contribution in [0.3, 0.4) is 0 Å². The number of rotatable bonds is 18. The number of para-hydroxylation sites is 2. The fourth-order valence-electron chi connectivity index (χ4n) is 22.8. The topological polar surface area (TPSA) is 9.86 Å². The molecule has 23 aromatic carbocycles. The van der Waals surface area contributed by atoms with E-state index >= 15 is 0 Å². The summed E-state index contributed by atoms with van der Waals surface area (Å²) in [6.07, 6.45) is 0. The van der Waals surface area contributed by atoms with E-state index in [0.29, 0.717) is 10.0 Å².